The second-order valence-corrected chi connectivity index (χ2v) is 15.0. The first-order chi connectivity index (χ1) is 11.1. The highest BCUT2D eigenvalue weighted by Crippen LogP contribution is 2.52. The van der Waals surface area contributed by atoms with Crippen LogP contribution in [-0.4, -0.2) is 12.3 Å². The van der Waals surface area contributed by atoms with E-state index < -0.39 is 5.24 Å². The molecule has 0 aliphatic carbocycles. The fourth-order valence-corrected chi connectivity index (χ4v) is 6.38. The molecule has 0 aliphatic rings. The molecule has 0 spiro atoms. The van der Waals surface area contributed by atoms with Gasteiger partial charge in [-0.15, -0.1) is 12.2 Å². The quantitative estimate of drug-likeness (QED) is 0.141. The van der Waals surface area contributed by atoms with Gasteiger partial charge in [-0.3, -0.25) is 0 Å². The summed E-state index contributed by atoms with van der Waals surface area (Å²) < 4.78 is 0. The summed E-state index contributed by atoms with van der Waals surface area (Å²) in [6, 6.07) is 0. The molecule has 0 heterocycles. The van der Waals surface area contributed by atoms with Gasteiger partial charge in [0.15, 0.2) is 0 Å². The zero-order valence-corrected chi connectivity index (χ0v) is 18.6. The summed E-state index contributed by atoms with van der Waals surface area (Å²) >= 11 is 10.6. The predicted octanol–water partition coefficient (Wildman–Crippen LogP) is 8.59. The zero-order chi connectivity index (χ0) is 17.2. The largest absolute Gasteiger partial charge is 0.141 e. The van der Waals surface area contributed by atoms with Crippen LogP contribution in [0.3, 0.4) is 0 Å². The van der Waals surface area contributed by atoms with Crippen LogP contribution in [0.4, 0.5) is 0 Å². The van der Waals surface area contributed by atoms with Crippen LogP contribution in [0.1, 0.15) is 117 Å². The molecule has 0 saturated carbocycles. The van der Waals surface area contributed by atoms with E-state index in [1.54, 1.807) is 0 Å². The number of hydrogen-bond acceptors (Lipinski definition) is 1. The molecule has 0 N–H and O–H groups in total. The SMILES string of the molecule is CCCCCCCCCCP(=S)(S)CCCCCCCCCC. The van der Waals surface area contributed by atoms with Gasteiger partial charge in [-0.25, -0.2) is 0 Å². The first-order valence-corrected chi connectivity index (χ1v) is 14.8. The molecule has 0 aliphatic heterocycles. The minimum atomic E-state index is -1.30. The average molecular weight is 379 g/mol. The van der Waals surface area contributed by atoms with Gasteiger partial charge in [0.1, 0.15) is 0 Å². The van der Waals surface area contributed by atoms with E-state index in [0.717, 1.165) is 0 Å². The van der Waals surface area contributed by atoms with E-state index in [2.05, 4.69) is 13.8 Å². The van der Waals surface area contributed by atoms with Crippen LogP contribution < -0.4 is 0 Å². The van der Waals surface area contributed by atoms with Crippen molar-refractivity contribution in [2.24, 2.45) is 0 Å². The van der Waals surface area contributed by atoms with Gasteiger partial charge in [-0.05, 0) is 25.2 Å². The van der Waals surface area contributed by atoms with E-state index in [-0.39, 0.29) is 0 Å². The van der Waals surface area contributed by atoms with Crippen molar-refractivity contribution in [3.8, 4) is 0 Å². The molecule has 140 valence electrons. The molecule has 0 saturated heterocycles. The molecule has 23 heavy (non-hydrogen) atoms. The molecule has 0 aromatic rings. The number of rotatable bonds is 18. The molecule has 0 aromatic heterocycles. The lowest BCUT2D eigenvalue weighted by molar-refractivity contribution is 0.584. The number of hydrogen-bond donors (Lipinski definition) is 1. The first-order valence-electron chi connectivity index (χ1n) is 10.4. The minimum Gasteiger partial charge on any atom is -0.141 e. The van der Waals surface area contributed by atoms with E-state index in [1.807, 2.05) is 0 Å². The molecule has 3 heteroatoms. The van der Waals surface area contributed by atoms with Crippen molar-refractivity contribution in [2.75, 3.05) is 12.3 Å². The molecule has 0 fully saturated rings. The third-order valence-corrected chi connectivity index (χ3v) is 9.05. The summed E-state index contributed by atoms with van der Waals surface area (Å²) in [5.74, 6) is 0. The van der Waals surface area contributed by atoms with Crippen LogP contribution in [0.15, 0.2) is 0 Å². The van der Waals surface area contributed by atoms with Crippen molar-refractivity contribution in [2.45, 2.75) is 117 Å². The Morgan fingerprint density at radius 3 is 1.09 bits per heavy atom. The van der Waals surface area contributed by atoms with Gasteiger partial charge in [-0.1, -0.05) is 116 Å². The Labute approximate surface area is 158 Å². The van der Waals surface area contributed by atoms with Crippen LogP contribution in [0, 0.1) is 0 Å². The minimum absolute atomic E-state index is 1.23. The van der Waals surface area contributed by atoms with Crippen molar-refractivity contribution in [1.29, 1.82) is 0 Å². The van der Waals surface area contributed by atoms with Crippen LogP contribution >= 0.6 is 17.5 Å². The molecular weight excluding hydrogens is 335 g/mol. The third-order valence-electron chi connectivity index (χ3n) is 4.72. The second-order valence-electron chi connectivity index (χ2n) is 7.24. The lowest BCUT2D eigenvalue weighted by Gasteiger charge is -2.15. The van der Waals surface area contributed by atoms with Gasteiger partial charge >= 0.3 is 0 Å². The maximum Gasteiger partial charge on any atom is 0.00343 e. The smallest absolute Gasteiger partial charge is 0.00343 e. The Morgan fingerprint density at radius 2 is 0.783 bits per heavy atom. The highest BCUT2D eigenvalue weighted by atomic mass is 32.9. The Hall–Kier alpha value is 1.00. The fraction of sp³-hybridized carbons (Fsp3) is 1.00. The van der Waals surface area contributed by atoms with E-state index in [0.29, 0.717) is 0 Å². The lowest BCUT2D eigenvalue weighted by atomic mass is 10.1. The van der Waals surface area contributed by atoms with E-state index in [4.69, 9.17) is 24.1 Å². The Kier molecular flexibility index (Phi) is 18.6. The predicted molar refractivity (Wildman–Crippen MR) is 118 cm³/mol. The third kappa shape index (κ3) is 19.2. The molecule has 0 aromatic carbocycles. The summed E-state index contributed by atoms with van der Waals surface area (Å²) in [6.07, 6.45) is 24.8. The van der Waals surface area contributed by atoms with Gasteiger partial charge < -0.3 is 0 Å². The Balaban J connectivity index is 3.35. The molecule has 0 amide bonds. The van der Waals surface area contributed by atoms with Gasteiger partial charge in [0.25, 0.3) is 0 Å². The van der Waals surface area contributed by atoms with E-state index in [9.17, 15) is 0 Å². The molecule has 0 bridgehead atoms. The fourth-order valence-electron chi connectivity index (χ4n) is 3.10. The Bertz CT molecular complexity index is 255. The van der Waals surface area contributed by atoms with Crippen molar-refractivity contribution in [3.05, 3.63) is 0 Å². The van der Waals surface area contributed by atoms with Crippen LogP contribution in [0.2, 0.25) is 0 Å². The summed E-state index contributed by atoms with van der Waals surface area (Å²) in [7, 11) is 0. The average Bonchev–Trinajstić information content (AvgIpc) is 2.52. The van der Waals surface area contributed by atoms with Gasteiger partial charge in [0.2, 0.25) is 0 Å². The Morgan fingerprint density at radius 1 is 0.522 bits per heavy atom. The number of unbranched alkanes of at least 4 members (excludes halogenated alkanes) is 14. The van der Waals surface area contributed by atoms with Gasteiger partial charge in [-0.2, -0.15) is 0 Å². The normalized spacial score (nSPS) is 12.0. The summed E-state index contributed by atoms with van der Waals surface area (Å²) in [5, 5.41) is -1.30. The van der Waals surface area contributed by atoms with Crippen LogP contribution in [0.5, 0.6) is 0 Å². The van der Waals surface area contributed by atoms with Crippen molar-refractivity contribution in [1.82, 2.24) is 0 Å². The molecule has 0 nitrogen and oxygen atoms in total. The van der Waals surface area contributed by atoms with Crippen molar-refractivity contribution < 1.29 is 0 Å². The maximum atomic E-state index is 5.79. The highest BCUT2D eigenvalue weighted by molar-refractivity contribution is 8.63. The monoisotopic (exact) mass is 378 g/mol. The van der Waals surface area contributed by atoms with E-state index in [1.165, 1.54) is 115 Å². The van der Waals surface area contributed by atoms with Crippen molar-refractivity contribution >= 4 is 29.3 Å². The molecule has 0 atom stereocenters. The standard InChI is InChI=1S/C20H43PS2/c1-3-5-7-9-11-13-15-17-19-21(22,23)20-18-16-14-12-10-8-6-4-2/h3-20H2,1-2H3,(H,22,23). The first kappa shape index (κ1) is 24.0. The summed E-state index contributed by atoms with van der Waals surface area (Å²) in [4.78, 5) is 0. The molecule has 0 rings (SSSR count). The second kappa shape index (κ2) is 17.8. The number of thiol groups is 1. The zero-order valence-electron chi connectivity index (χ0n) is 16.0. The summed E-state index contributed by atoms with van der Waals surface area (Å²) in [5.41, 5.74) is 0. The van der Waals surface area contributed by atoms with E-state index >= 15 is 0 Å². The lowest BCUT2D eigenvalue weighted by Crippen LogP contribution is -1.92. The summed E-state index contributed by atoms with van der Waals surface area (Å²) in [6.45, 7) is 4.57. The van der Waals surface area contributed by atoms with Crippen LogP contribution in [-0.2, 0) is 11.8 Å². The highest BCUT2D eigenvalue weighted by Gasteiger charge is 2.10. The molecule has 0 radical (unpaired) electrons. The maximum absolute atomic E-state index is 5.79. The van der Waals surface area contributed by atoms with Crippen LogP contribution in [0.25, 0.3) is 0 Å². The van der Waals surface area contributed by atoms with Gasteiger partial charge in [0.05, 0.1) is 0 Å². The molecule has 0 unspecified atom stereocenters. The topological polar surface area (TPSA) is 0 Å². The molecular formula is C20H43PS2. The van der Waals surface area contributed by atoms with Gasteiger partial charge in [0, 0.05) is 5.24 Å². The van der Waals surface area contributed by atoms with Crippen molar-refractivity contribution in [3.63, 3.8) is 0 Å².